The van der Waals surface area contributed by atoms with Gasteiger partial charge in [-0.3, -0.25) is 14.4 Å². The van der Waals surface area contributed by atoms with E-state index in [4.69, 9.17) is 4.74 Å². The number of carbonyl (C=O) groups is 3. The highest BCUT2D eigenvalue weighted by Crippen LogP contribution is 2.22. The summed E-state index contributed by atoms with van der Waals surface area (Å²) in [6, 6.07) is 7.27. The van der Waals surface area contributed by atoms with E-state index in [0.29, 0.717) is 5.56 Å². The van der Waals surface area contributed by atoms with E-state index in [2.05, 4.69) is 31.4 Å². The molecular weight excluding hydrogens is 320 g/mol. The molecule has 0 fully saturated rings. The lowest BCUT2D eigenvalue weighted by Crippen LogP contribution is -2.37. The Bertz CT molecular complexity index is 603. The van der Waals surface area contributed by atoms with Gasteiger partial charge in [-0.15, -0.1) is 0 Å². The fourth-order valence-corrected chi connectivity index (χ4v) is 1.99. The van der Waals surface area contributed by atoms with Crippen LogP contribution in [0.5, 0.6) is 0 Å². The Morgan fingerprint density at radius 1 is 1.12 bits per heavy atom. The van der Waals surface area contributed by atoms with Crippen LogP contribution >= 0.6 is 0 Å². The van der Waals surface area contributed by atoms with Crippen LogP contribution in [0.3, 0.4) is 0 Å². The van der Waals surface area contributed by atoms with E-state index in [0.717, 1.165) is 12.0 Å². The molecule has 2 amide bonds. The highest BCUT2D eigenvalue weighted by molar-refractivity contribution is 5.96. The number of hydrogen-bond acceptors (Lipinski definition) is 4. The van der Waals surface area contributed by atoms with Crippen molar-refractivity contribution in [1.82, 2.24) is 10.6 Å². The van der Waals surface area contributed by atoms with Gasteiger partial charge in [0.05, 0.1) is 0 Å². The van der Waals surface area contributed by atoms with Gasteiger partial charge in [-0.2, -0.15) is 0 Å². The third kappa shape index (κ3) is 7.37. The van der Waals surface area contributed by atoms with Crippen molar-refractivity contribution >= 4 is 17.8 Å². The highest BCUT2D eigenvalue weighted by Gasteiger charge is 2.15. The van der Waals surface area contributed by atoms with Crippen LogP contribution in [-0.4, -0.2) is 37.0 Å². The average molecular weight is 348 g/mol. The van der Waals surface area contributed by atoms with Gasteiger partial charge in [-0.05, 0) is 36.5 Å². The summed E-state index contributed by atoms with van der Waals surface area (Å²) < 4.78 is 4.83. The molecule has 1 unspecified atom stereocenters. The summed E-state index contributed by atoms with van der Waals surface area (Å²) in [7, 11) is 0. The van der Waals surface area contributed by atoms with Crippen molar-refractivity contribution in [2.24, 2.45) is 0 Å². The molecule has 2 N–H and O–H groups in total. The van der Waals surface area contributed by atoms with Crippen molar-refractivity contribution in [2.75, 3.05) is 13.2 Å². The maximum Gasteiger partial charge on any atom is 0.325 e. The molecule has 0 saturated heterocycles. The molecule has 0 aliphatic rings. The Labute approximate surface area is 149 Å². The van der Waals surface area contributed by atoms with Gasteiger partial charge in [-0.1, -0.05) is 39.8 Å². The van der Waals surface area contributed by atoms with Gasteiger partial charge in [0.25, 0.3) is 11.8 Å². The smallest absolute Gasteiger partial charge is 0.325 e. The number of esters is 1. The van der Waals surface area contributed by atoms with Crippen LogP contribution in [0.25, 0.3) is 0 Å². The van der Waals surface area contributed by atoms with Crippen LogP contribution in [0.4, 0.5) is 0 Å². The van der Waals surface area contributed by atoms with Gasteiger partial charge < -0.3 is 15.4 Å². The fraction of sp³-hybridized carbons (Fsp3) is 0.526. The van der Waals surface area contributed by atoms with Crippen molar-refractivity contribution in [1.29, 1.82) is 0 Å². The molecule has 1 atom stereocenters. The highest BCUT2D eigenvalue weighted by atomic mass is 16.5. The molecule has 0 saturated carbocycles. The van der Waals surface area contributed by atoms with Crippen LogP contribution in [0.1, 0.15) is 57.0 Å². The number of benzene rings is 1. The first-order valence-corrected chi connectivity index (χ1v) is 8.47. The Hall–Kier alpha value is -2.37. The second-order valence-electron chi connectivity index (χ2n) is 7.05. The second kappa shape index (κ2) is 9.20. The summed E-state index contributed by atoms with van der Waals surface area (Å²) in [6.07, 6.45) is 0.795. The van der Waals surface area contributed by atoms with Crippen LogP contribution < -0.4 is 10.6 Å². The monoisotopic (exact) mass is 348 g/mol. The first kappa shape index (κ1) is 20.7. The topological polar surface area (TPSA) is 84.5 Å². The lowest BCUT2D eigenvalue weighted by atomic mass is 9.87. The van der Waals surface area contributed by atoms with Crippen molar-refractivity contribution in [3.8, 4) is 0 Å². The molecule has 1 aromatic rings. The molecule has 138 valence electrons. The summed E-state index contributed by atoms with van der Waals surface area (Å²) in [5, 5.41) is 5.18. The first-order valence-electron chi connectivity index (χ1n) is 8.47. The van der Waals surface area contributed by atoms with E-state index in [1.807, 2.05) is 26.0 Å². The first-order chi connectivity index (χ1) is 11.6. The molecule has 0 aliphatic heterocycles. The van der Waals surface area contributed by atoms with Gasteiger partial charge in [-0.25, -0.2) is 0 Å². The van der Waals surface area contributed by atoms with Crippen LogP contribution in [0.15, 0.2) is 24.3 Å². The Morgan fingerprint density at radius 2 is 1.72 bits per heavy atom. The molecule has 1 aromatic carbocycles. The Kier molecular flexibility index (Phi) is 7.61. The second-order valence-corrected chi connectivity index (χ2v) is 7.05. The molecule has 0 bridgehead atoms. The molecular formula is C19H28N2O4. The molecule has 6 heteroatoms. The molecule has 6 nitrogen and oxygen atoms in total. The number of amides is 2. The zero-order valence-electron chi connectivity index (χ0n) is 15.6. The van der Waals surface area contributed by atoms with Crippen LogP contribution in [0, 0.1) is 0 Å². The van der Waals surface area contributed by atoms with Crippen LogP contribution in [-0.2, 0) is 19.7 Å². The van der Waals surface area contributed by atoms with E-state index in [9.17, 15) is 14.4 Å². The minimum Gasteiger partial charge on any atom is -0.454 e. The van der Waals surface area contributed by atoms with Crippen molar-refractivity contribution in [3.63, 3.8) is 0 Å². The van der Waals surface area contributed by atoms with Gasteiger partial charge in [0.1, 0.15) is 6.54 Å². The third-order valence-corrected chi connectivity index (χ3v) is 3.79. The van der Waals surface area contributed by atoms with E-state index in [1.165, 1.54) is 0 Å². The molecule has 0 spiro atoms. The van der Waals surface area contributed by atoms with Gasteiger partial charge in [0.15, 0.2) is 6.61 Å². The SMILES string of the molecule is CCC(C)NC(=O)COC(=O)CNC(=O)c1ccc(C(C)(C)C)cc1. The predicted octanol–water partition coefficient (Wildman–Crippen LogP) is 2.17. The van der Waals surface area contributed by atoms with Crippen LogP contribution in [0.2, 0.25) is 0 Å². The average Bonchev–Trinajstić information content (AvgIpc) is 2.57. The molecule has 0 aliphatic carbocycles. The minimum absolute atomic E-state index is 0.00859. The van der Waals surface area contributed by atoms with Gasteiger partial charge in [0, 0.05) is 11.6 Å². The van der Waals surface area contributed by atoms with Crippen molar-refractivity contribution < 1.29 is 19.1 Å². The Balaban J connectivity index is 2.40. The zero-order valence-corrected chi connectivity index (χ0v) is 15.6. The maximum atomic E-state index is 12.0. The van der Waals surface area contributed by atoms with Gasteiger partial charge in [0.2, 0.25) is 0 Å². The quantitative estimate of drug-likeness (QED) is 0.740. The van der Waals surface area contributed by atoms with Crippen molar-refractivity contribution in [2.45, 2.75) is 52.5 Å². The van der Waals surface area contributed by atoms with Gasteiger partial charge >= 0.3 is 5.97 Å². The summed E-state index contributed by atoms with van der Waals surface area (Å²) in [6.45, 7) is 9.46. The fourth-order valence-electron chi connectivity index (χ4n) is 1.99. The van der Waals surface area contributed by atoms with E-state index < -0.39 is 5.97 Å². The predicted molar refractivity (Wildman–Crippen MR) is 96.3 cm³/mol. The number of hydrogen-bond donors (Lipinski definition) is 2. The largest absolute Gasteiger partial charge is 0.454 e. The van der Waals surface area contributed by atoms with E-state index in [1.54, 1.807) is 12.1 Å². The Morgan fingerprint density at radius 3 is 2.24 bits per heavy atom. The molecule has 0 heterocycles. The summed E-state index contributed by atoms with van der Waals surface area (Å²) in [4.78, 5) is 35.2. The summed E-state index contributed by atoms with van der Waals surface area (Å²) >= 11 is 0. The number of nitrogens with one attached hydrogen (secondary N) is 2. The number of rotatable bonds is 7. The van der Waals surface area contributed by atoms with E-state index in [-0.39, 0.29) is 36.4 Å². The number of ether oxygens (including phenoxy) is 1. The molecule has 0 aromatic heterocycles. The standard InChI is InChI=1S/C19H28N2O4/c1-6-13(2)21-16(22)12-25-17(23)11-20-18(24)14-7-9-15(10-8-14)19(3,4)5/h7-10,13H,6,11-12H2,1-5H3,(H,20,24)(H,21,22). The normalized spacial score (nSPS) is 12.2. The molecule has 25 heavy (non-hydrogen) atoms. The van der Waals surface area contributed by atoms with E-state index >= 15 is 0 Å². The zero-order chi connectivity index (χ0) is 19.0. The summed E-state index contributed by atoms with van der Waals surface area (Å²) in [5.41, 5.74) is 1.60. The lowest BCUT2D eigenvalue weighted by Gasteiger charge is -2.19. The summed E-state index contributed by atoms with van der Waals surface area (Å²) in [5.74, 6) is -1.37. The molecule has 0 radical (unpaired) electrons. The maximum absolute atomic E-state index is 12.0. The number of carbonyl (C=O) groups excluding carboxylic acids is 3. The lowest BCUT2D eigenvalue weighted by molar-refractivity contribution is -0.147. The van der Waals surface area contributed by atoms with Crippen molar-refractivity contribution in [3.05, 3.63) is 35.4 Å². The third-order valence-electron chi connectivity index (χ3n) is 3.79. The molecule has 1 rings (SSSR count). The minimum atomic E-state index is -0.654.